The van der Waals surface area contributed by atoms with Crippen molar-refractivity contribution in [2.24, 2.45) is 0 Å². The third kappa shape index (κ3) is 3.20. The first kappa shape index (κ1) is 13.5. The Balaban J connectivity index is 3.33. The van der Waals surface area contributed by atoms with Gasteiger partial charge in [-0.25, -0.2) is 9.59 Å². The summed E-state index contributed by atoms with van der Waals surface area (Å²) in [6, 6.07) is 0. The Kier molecular flexibility index (Phi) is 4.96. The second kappa shape index (κ2) is 6.24. The first-order valence-electron chi connectivity index (χ1n) is 4.68. The van der Waals surface area contributed by atoms with Crippen LogP contribution in [0, 0.1) is 0 Å². The fraction of sp³-hybridized carbons (Fsp3) is 0.273. The predicted molar refractivity (Wildman–Crippen MR) is 62.9 cm³/mol. The summed E-state index contributed by atoms with van der Waals surface area (Å²) >= 11 is 3.15. The van der Waals surface area contributed by atoms with Crippen molar-refractivity contribution in [1.29, 1.82) is 0 Å². The van der Waals surface area contributed by atoms with Crippen LogP contribution in [0.4, 0.5) is 0 Å². The minimum Gasteiger partial charge on any atom is -0.472 e. The lowest BCUT2D eigenvalue weighted by Gasteiger charge is -2.12. The third-order valence-corrected chi connectivity index (χ3v) is 2.61. The highest BCUT2D eigenvalue weighted by molar-refractivity contribution is 9.12. The molecule has 0 saturated carbocycles. The normalized spacial score (nSPS) is 15.4. The summed E-state index contributed by atoms with van der Waals surface area (Å²) in [6.07, 6.45) is 4.54. The van der Waals surface area contributed by atoms with Gasteiger partial charge in [0.2, 0.25) is 0 Å². The van der Waals surface area contributed by atoms with Crippen LogP contribution in [0.5, 0.6) is 0 Å². The molecular weight excluding hydrogens is 292 g/mol. The van der Waals surface area contributed by atoms with E-state index in [1.54, 1.807) is 6.08 Å². The molecule has 1 rings (SSSR count). The molecule has 1 heterocycles. The van der Waals surface area contributed by atoms with Gasteiger partial charge < -0.3 is 14.2 Å². The van der Waals surface area contributed by atoms with Crippen molar-refractivity contribution in [3.63, 3.8) is 0 Å². The molecular formula is C11H11BrO5. The van der Waals surface area contributed by atoms with Crippen molar-refractivity contribution < 1.29 is 23.8 Å². The van der Waals surface area contributed by atoms with E-state index >= 15 is 0 Å². The van der Waals surface area contributed by atoms with Gasteiger partial charge in [-0.15, -0.1) is 0 Å². The van der Waals surface area contributed by atoms with Gasteiger partial charge in [0.25, 0.3) is 0 Å². The molecule has 0 saturated heterocycles. The number of allylic oxidation sites excluding steroid dienone is 1. The predicted octanol–water partition coefficient (Wildman–Crippen LogP) is 1.80. The highest BCUT2D eigenvalue weighted by atomic mass is 79.9. The summed E-state index contributed by atoms with van der Waals surface area (Å²) < 4.78 is 14.6. The van der Waals surface area contributed by atoms with Crippen molar-refractivity contribution in [2.45, 2.75) is 6.42 Å². The molecule has 1 aliphatic heterocycles. The van der Waals surface area contributed by atoms with Crippen LogP contribution in [0.2, 0.25) is 0 Å². The van der Waals surface area contributed by atoms with Gasteiger partial charge in [-0.3, -0.25) is 0 Å². The van der Waals surface area contributed by atoms with Crippen molar-refractivity contribution in [3.8, 4) is 0 Å². The Bertz CT molecular complexity index is 420. The summed E-state index contributed by atoms with van der Waals surface area (Å²) in [6.45, 7) is 0. The molecule has 92 valence electrons. The quantitative estimate of drug-likeness (QED) is 0.728. The molecule has 0 aromatic rings. The van der Waals surface area contributed by atoms with Crippen molar-refractivity contribution >= 4 is 27.9 Å². The van der Waals surface area contributed by atoms with Crippen LogP contribution >= 0.6 is 15.9 Å². The molecule has 0 atom stereocenters. The molecule has 5 nitrogen and oxygen atoms in total. The monoisotopic (exact) mass is 302 g/mol. The number of methoxy groups -OCH3 is 2. The Morgan fingerprint density at radius 2 is 1.94 bits per heavy atom. The van der Waals surface area contributed by atoms with Crippen molar-refractivity contribution in [2.75, 3.05) is 14.2 Å². The average Bonchev–Trinajstić information content (AvgIpc) is 2.32. The second-order valence-corrected chi connectivity index (χ2v) is 3.87. The number of carbonyl (C=O) groups is 2. The first-order chi connectivity index (χ1) is 8.11. The largest absolute Gasteiger partial charge is 0.472 e. The average molecular weight is 303 g/mol. The Morgan fingerprint density at radius 3 is 2.53 bits per heavy atom. The lowest BCUT2D eigenvalue weighted by molar-refractivity contribution is -0.139. The molecule has 1 aliphatic rings. The minimum atomic E-state index is -0.632. The molecule has 0 bridgehead atoms. The fourth-order valence-electron chi connectivity index (χ4n) is 1.26. The first-order valence-corrected chi connectivity index (χ1v) is 5.47. The van der Waals surface area contributed by atoms with E-state index in [0.717, 1.165) is 0 Å². The number of carbonyl (C=O) groups excluding carboxylic acids is 2. The second-order valence-electron chi connectivity index (χ2n) is 3.01. The van der Waals surface area contributed by atoms with Crippen LogP contribution in [0.25, 0.3) is 0 Å². The molecule has 6 heteroatoms. The highest BCUT2D eigenvalue weighted by Crippen LogP contribution is 2.26. The lowest BCUT2D eigenvalue weighted by Crippen LogP contribution is -2.15. The van der Waals surface area contributed by atoms with Crippen molar-refractivity contribution in [3.05, 3.63) is 34.2 Å². The van der Waals surface area contributed by atoms with E-state index in [-0.39, 0.29) is 17.6 Å². The number of rotatable bonds is 2. The molecule has 0 fully saturated rings. The van der Waals surface area contributed by atoms with Gasteiger partial charge in [-0.2, -0.15) is 0 Å². The van der Waals surface area contributed by atoms with Crippen LogP contribution in [-0.4, -0.2) is 26.2 Å². The van der Waals surface area contributed by atoms with Crippen LogP contribution < -0.4 is 0 Å². The van der Waals surface area contributed by atoms with Crippen LogP contribution in [0.3, 0.4) is 0 Å². The SMILES string of the molecule is COC(=O)C1=C(C(=O)OC)C(Br)=COC=CC1. The summed E-state index contributed by atoms with van der Waals surface area (Å²) in [7, 11) is 2.49. The number of hydrogen-bond donors (Lipinski definition) is 0. The van der Waals surface area contributed by atoms with E-state index in [2.05, 4.69) is 25.4 Å². The molecule has 17 heavy (non-hydrogen) atoms. The van der Waals surface area contributed by atoms with E-state index in [0.29, 0.717) is 4.48 Å². The van der Waals surface area contributed by atoms with E-state index < -0.39 is 11.9 Å². The van der Waals surface area contributed by atoms with Gasteiger partial charge in [0.15, 0.2) is 0 Å². The highest BCUT2D eigenvalue weighted by Gasteiger charge is 2.24. The molecule has 0 unspecified atom stereocenters. The zero-order chi connectivity index (χ0) is 12.8. The smallest absolute Gasteiger partial charge is 0.339 e. The van der Waals surface area contributed by atoms with E-state index in [1.165, 1.54) is 26.7 Å². The van der Waals surface area contributed by atoms with Gasteiger partial charge in [-0.05, 0) is 22.0 Å². The molecule has 0 aromatic heterocycles. The Morgan fingerprint density at radius 1 is 1.29 bits per heavy atom. The van der Waals surface area contributed by atoms with E-state index in [1.807, 2.05) is 0 Å². The standard InChI is InChI=1S/C11H11BrO5/c1-15-10(13)7-4-3-5-17-6-8(12)9(7)11(14)16-2/h3,5-6H,4H2,1-2H3. The zero-order valence-electron chi connectivity index (χ0n) is 9.36. The zero-order valence-corrected chi connectivity index (χ0v) is 10.9. The van der Waals surface area contributed by atoms with Gasteiger partial charge >= 0.3 is 11.9 Å². The molecule has 0 N–H and O–H groups in total. The van der Waals surface area contributed by atoms with Gasteiger partial charge in [0.1, 0.15) is 6.26 Å². The molecule has 0 aromatic carbocycles. The topological polar surface area (TPSA) is 61.8 Å². The summed E-state index contributed by atoms with van der Waals surface area (Å²) in [4.78, 5) is 23.2. The summed E-state index contributed by atoms with van der Waals surface area (Å²) in [5.41, 5.74) is 0.311. The summed E-state index contributed by atoms with van der Waals surface area (Å²) in [5, 5.41) is 0. The molecule has 0 aliphatic carbocycles. The maximum Gasteiger partial charge on any atom is 0.339 e. The number of halogens is 1. The van der Waals surface area contributed by atoms with Gasteiger partial charge in [0.05, 0.1) is 36.1 Å². The molecule has 0 amide bonds. The lowest BCUT2D eigenvalue weighted by atomic mass is 10.0. The molecule has 0 spiro atoms. The Labute approximate surface area is 107 Å². The van der Waals surface area contributed by atoms with Gasteiger partial charge in [-0.1, -0.05) is 0 Å². The number of hydrogen-bond acceptors (Lipinski definition) is 5. The number of ether oxygens (including phenoxy) is 3. The Hall–Kier alpha value is -1.56. The fourth-order valence-corrected chi connectivity index (χ4v) is 1.77. The maximum atomic E-state index is 11.6. The van der Waals surface area contributed by atoms with E-state index in [9.17, 15) is 9.59 Å². The van der Waals surface area contributed by atoms with Crippen LogP contribution in [-0.2, 0) is 23.8 Å². The minimum absolute atomic E-state index is 0.101. The number of esters is 2. The van der Waals surface area contributed by atoms with Crippen molar-refractivity contribution in [1.82, 2.24) is 0 Å². The third-order valence-electron chi connectivity index (χ3n) is 2.03. The molecule has 0 radical (unpaired) electrons. The van der Waals surface area contributed by atoms with Crippen LogP contribution in [0.15, 0.2) is 34.2 Å². The van der Waals surface area contributed by atoms with Crippen LogP contribution in [0.1, 0.15) is 6.42 Å². The maximum absolute atomic E-state index is 11.6. The summed E-state index contributed by atoms with van der Waals surface area (Å²) in [5.74, 6) is -1.21. The van der Waals surface area contributed by atoms with E-state index in [4.69, 9.17) is 4.74 Å². The van der Waals surface area contributed by atoms with Gasteiger partial charge in [0, 0.05) is 6.42 Å².